The van der Waals surface area contributed by atoms with E-state index in [9.17, 15) is 4.39 Å². The maximum atomic E-state index is 13.3. The number of guanidine groups is 1. The first-order valence-electron chi connectivity index (χ1n) is 5.54. The van der Waals surface area contributed by atoms with Crippen LogP contribution in [0.1, 0.15) is 5.56 Å². The Labute approximate surface area is 138 Å². The van der Waals surface area contributed by atoms with Crippen LogP contribution in [0.4, 0.5) is 4.39 Å². The SMILES string of the molecule is CN=C(NCCOC)NCc1ccc(Br)c(F)c1.I. The molecule has 0 unspecified atom stereocenters. The van der Waals surface area contributed by atoms with Crippen LogP contribution in [0.2, 0.25) is 0 Å². The number of hydrogen-bond acceptors (Lipinski definition) is 2. The van der Waals surface area contributed by atoms with Gasteiger partial charge in [-0.3, -0.25) is 4.99 Å². The summed E-state index contributed by atoms with van der Waals surface area (Å²) in [7, 11) is 3.33. The molecule has 7 heteroatoms. The fourth-order valence-corrected chi connectivity index (χ4v) is 1.57. The first-order chi connectivity index (χ1) is 8.67. The van der Waals surface area contributed by atoms with Gasteiger partial charge < -0.3 is 15.4 Å². The third-order valence-corrected chi connectivity index (χ3v) is 2.91. The number of nitrogens with one attached hydrogen (secondary N) is 2. The minimum atomic E-state index is -0.267. The van der Waals surface area contributed by atoms with Crippen molar-refractivity contribution in [1.29, 1.82) is 0 Å². The Morgan fingerprint density at radius 1 is 1.42 bits per heavy atom. The van der Waals surface area contributed by atoms with Gasteiger partial charge in [-0.2, -0.15) is 0 Å². The van der Waals surface area contributed by atoms with Crippen LogP contribution >= 0.6 is 39.9 Å². The molecule has 0 saturated heterocycles. The number of nitrogens with zero attached hydrogens (tertiary/aromatic N) is 1. The van der Waals surface area contributed by atoms with Crippen LogP contribution in [0.3, 0.4) is 0 Å². The molecule has 0 fully saturated rings. The van der Waals surface area contributed by atoms with Gasteiger partial charge in [-0.25, -0.2) is 4.39 Å². The fraction of sp³-hybridized carbons (Fsp3) is 0.417. The minimum Gasteiger partial charge on any atom is -0.383 e. The molecule has 0 radical (unpaired) electrons. The average Bonchev–Trinajstić information content (AvgIpc) is 2.37. The molecule has 2 N–H and O–H groups in total. The molecule has 0 aliphatic rings. The summed E-state index contributed by atoms with van der Waals surface area (Å²) in [5.74, 6) is 0.395. The van der Waals surface area contributed by atoms with Gasteiger partial charge in [0.2, 0.25) is 0 Å². The number of halogens is 3. The van der Waals surface area contributed by atoms with Gasteiger partial charge in [-0.1, -0.05) is 6.07 Å². The lowest BCUT2D eigenvalue weighted by molar-refractivity contribution is 0.203. The molecule has 0 aliphatic carbocycles. The Balaban J connectivity index is 0.00000324. The highest BCUT2D eigenvalue weighted by molar-refractivity contribution is 14.0. The predicted molar refractivity (Wildman–Crippen MR) is 89.6 cm³/mol. The maximum absolute atomic E-state index is 13.3. The lowest BCUT2D eigenvalue weighted by atomic mass is 10.2. The van der Waals surface area contributed by atoms with Crippen molar-refractivity contribution in [2.45, 2.75) is 6.54 Å². The standard InChI is InChI=1S/C12H17BrFN3O.HI/c1-15-12(16-5-6-18-2)17-8-9-3-4-10(13)11(14)7-9;/h3-4,7H,5-6,8H2,1-2H3,(H2,15,16,17);1H. The Morgan fingerprint density at radius 3 is 2.74 bits per heavy atom. The zero-order valence-corrected chi connectivity index (χ0v) is 14.8. The number of hydrogen-bond donors (Lipinski definition) is 2. The summed E-state index contributed by atoms with van der Waals surface area (Å²) in [6.45, 7) is 1.79. The van der Waals surface area contributed by atoms with Crippen LogP contribution in [0.5, 0.6) is 0 Å². The van der Waals surface area contributed by atoms with Crippen LogP contribution in [-0.2, 0) is 11.3 Å². The molecule has 0 saturated carbocycles. The molecule has 0 amide bonds. The summed E-state index contributed by atoms with van der Waals surface area (Å²) in [6.07, 6.45) is 0. The smallest absolute Gasteiger partial charge is 0.191 e. The van der Waals surface area contributed by atoms with E-state index in [1.54, 1.807) is 20.2 Å². The van der Waals surface area contributed by atoms with E-state index in [0.29, 0.717) is 30.1 Å². The summed E-state index contributed by atoms with van der Waals surface area (Å²) in [5, 5.41) is 6.17. The lowest BCUT2D eigenvalue weighted by Crippen LogP contribution is -2.38. The second kappa shape index (κ2) is 10.4. The van der Waals surface area contributed by atoms with E-state index in [1.165, 1.54) is 6.07 Å². The zero-order chi connectivity index (χ0) is 13.4. The van der Waals surface area contributed by atoms with E-state index in [1.807, 2.05) is 6.07 Å². The second-order valence-corrected chi connectivity index (χ2v) is 4.45. The molecule has 0 aromatic heterocycles. The topological polar surface area (TPSA) is 45.7 Å². The number of benzene rings is 1. The minimum absolute atomic E-state index is 0. The van der Waals surface area contributed by atoms with Crippen LogP contribution in [0, 0.1) is 5.82 Å². The fourth-order valence-electron chi connectivity index (χ4n) is 1.33. The number of ether oxygens (including phenoxy) is 1. The van der Waals surface area contributed by atoms with Gasteiger partial charge in [-0.05, 0) is 33.6 Å². The van der Waals surface area contributed by atoms with E-state index in [0.717, 1.165) is 5.56 Å². The molecule has 0 aliphatic heterocycles. The molecular weight excluding hydrogens is 428 g/mol. The van der Waals surface area contributed by atoms with Crippen molar-refractivity contribution in [3.63, 3.8) is 0 Å². The van der Waals surface area contributed by atoms with Crippen molar-refractivity contribution in [2.24, 2.45) is 4.99 Å². The first-order valence-corrected chi connectivity index (χ1v) is 6.34. The average molecular weight is 446 g/mol. The molecule has 0 bridgehead atoms. The molecule has 0 atom stereocenters. The van der Waals surface area contributed by atoms with Crippen LogP contribution in [-0.4, -0.2) is 33.3 Å². The Hall–Kier alpha value is -0.410. The second-order valence-electron chi connectivity index (χ2n) is 3.59. The van der Waals surface area contributed by atoms with Gasteiger partial charge in [0.1, 0.15) is 5.82 Å². The van der Waals surface area contributed by atoms with E-state index in [2.05, 4.69) is 31.6 Å². The van der Waals surface area contributed by atoms with Gasteiger partial charge >= 0.3 is 0 Å². The van der Waals surface area contributed by atoms with Crippen molar-refractivity contribution in [2.75, 3.05) is 27.3 Å². The van der Waals surface area contributed by atoms with Crippen LogP contribution in [0.15, 0.2) is 27.7 Å². The molecule has 1 rings (SSSR count). The van der Waals surface area contributed by atoms with E-state index >= 15 is 0 Å². The van der Waals surface area contributed by atoms with Crippen molar-refractivity contribution < 1.29 is 9.13 Å². The summed E-state index contributed by atoms with van der Waals surface area (Å²) in [5.41, 5.74) is 0.852. The first kappa shape index (κ1) is 18.6. The largest absolute Gasteiger partial charge is 0.383 e. The predicted octanol–water partition coefficient (Wildman–Crippen LogP) is 2.52. The van der Waals surface area contributed by atoms with Gasteiger partial charge in [0.15, 0.2) is 5.96 Å². The molecule has 108 valence electrons. The number of aliphatic imine (C=N–C) groups is 1. The maximum Gasteiger partial charge on any atom is 0.191 e. The summed E-state index contributed by atoms with van der Waals surface area (Å²) >= 11 is 3.12. The molecule has 1 aromatic carbocycles. The summed E-state index contributed by atoms with van der Waals surface area (Å²) in [4.78, 5) is 4.05. The van der Waals surface area contributed by atoms with Crippen molar-refractivity contribution in [3.05, 3.63) is 34.1 Å². The number of rotatable bonds is 5. The normalized spacial score (nSPS) is 10.8. The summed E-state index contributed by atoms with van der Waals surface area (Å²) in [6, 6.07) is 5.02. The van der Waals surface area contributed by atoms with Gasteiger partial charge in [0.25, 0.3) is 0 Å². The molecular formula is C12H18BrFIN3O. The third-order valence-electron chi connectivity index (χ3n) is 2.27. The summed E-state index contributed by atoms with van der Waals surface area (Å²) < 4.78 is 18.7. The van der Waals surface area contributed by atoms with Gasteiger partial charge in [0, 0.05) is 27.2 Å². The monoisotopic (exact) mass is 445 g/mol. The Bertz CT molecular complexity index is 418. The lowest BCUT2D eigenvalue weighted by Gasteiger charge is -2.11. The van der Waals surface area contributed by atoms with Gasteiger partial charge in [0.05, 0.1) is 11.1 Å². The highest BCUT2D eigenvalue weighted by Crippen LogP contribution is 2.16. The molecule has 1 aromatic rings. The van der Waals surface area contributed by atoms with Crippen LogP contribution < -0.4 is 10.6 Å². The highest BCUT2D eigenvalue weighted by atomic mass is 127. The third kappa shape index (κ3) is 7.07. The molecule has 4 nitrogen and oxygen atoms in total. The van der Waals surface area contributed by atoms with Gasteiger partial charge in [-0.15, -0.1) is 24.0 Å². The zero-order valence-electron chi connectivity index (χ0n) is 10.9. The molecule has 0 spiro atoms. The van der Waals surface area contributed by atoms with Crippen molar-refractivity contribution in [3.8, 4) is 0 Å². The van der Waals surface area contributed by atoms with E-state index < -0.39 is 0 Å². The Kier molecular flexibility index (Phi) is 10.2. The molecule has 0 heterocycles. The quantitative estimate of drug-likeness (QED) is 0.317. The number of methoxy groups -OCH3 is 1. The van der Waals surface area contributed by atoms with Crippen molar-refractivity contribution >= 4 is 45.9 Å². The highest BCUT2D eigenvalue weighted by Gasteiger charge is 2.02. The molecule has 19 heavy (non-hydrogen) atoms. The van der Waals surface area contributed by atoms with E-state index in [-0.39, 0.29) is 29.8 Å². The van der Waals surface area contributed by atoms with E-state index in [4.69, 9.17) is 4.74 Å². The Morgan fingerprint density at radius 2 is 2.16 bits per heavy atom. The van der Waals surface area contributed by atoms with Crippen molar-refractivity contribution in [1.82, 2.24) is 10.6 Å². The van der Waals surface area contributed by atoms with Crippen LogP contribution in [0.25, 0.3) is 0 Å².